The monoisotopic (exact) mass is 728 g/mol. The molecule has 1 amide bonds. The number of aromatic nitrogens is 1. The predicted octanol–water partition coefficient (Wildman–Crippen LogP) is 6.73. The van der Waals surface area contributed by atoms with Gasteiger partial charge in [-0.25, -0.2) is 23.9 Å². The van der Waals surface area contributed by atoms with Crippen LogP contribution in [-0.2, 0) is 49.8 Å². The Kier molecular flexibility index (Phi) is 8.90. The van der Waals surface area contributed by atoms with E-state index < -0.39 is 47.1 Å². The Morgan fingerprint density at radius 1 is 0.769 bits per heavy atom. The number of hydrogen-bond donors (Lipinski definition) is 1. The minimum Gasteiger partial charge on any atom is -0.350 e. The number of ether oxygens (including phenoxy) is 4. The van der Waals surface area contributed by atoms with Crippen molar-refractivity contribution in [2.24, 2.45) is 53.3 Å². The van der Waals surface area contributed by atoms with Crippen LogP contribution in [0.25, 0.3) is 0 Å². The van der Waals surface area contributed by atoms with Crippen LogP contribution in [-0.4, -0.2) is 58.5 Å². The van der Waals surface area contributed by atoms with Crippen molar-refractivity contribution in [3.63, 3.8) is 0 Å². The molecule has 0 unspecified atom stereocenters. The highest BCUT2D eigenvalue weighted by molar-refractivity contribution is 5.78. The maximum Gasteiger partial charge on any atom is 0.223 e. The molecule has 8 aliphatic heterocycles. The van der Waals surface area contributed by atoms with E-state index in [9.17, 15) is 9.18 Å². The first-order chi connectivity index (χ1) is 24.8. The standard InChI is InChI=1S/C40H57FN2O9/c1-21-7-11-30-23(3)32(45-35-39(30)28(21)13-15-37(5,47-35)49-51-39)17-25(34(44)43-20-27-10-9-26(41)19-42-27)18-33-24(4)31-12-8-22(2)29-14-16-38(6)48-36(46-33)40(29,31)52-50-38/h9-10,19,21-25,28-33,35-36H,7-8,11-18,20H2,1-6H3,(H,43,44)/t21-,22-,23-,24-,28+,29+,30+,31+,32-,33-,35-,36-,37+,38+,39-,40-/m1/s1. The van der Waals surface area contributed by atoms with E-state index in [2.05, 4.69) is 38.0 Å². The van der Waals surface area contributed by atoms with E-state index in [0.717, 1.165) is 51.4 Å². The summed E-state index contributed by atoms with van der Waals surface area (Å²) >= 11 is 0. The number of halogens is 1. The van der Waals surface area contributed by atoms with E-state index in [1.54, 1.807) is 6.07 Å². The zero-order chi connectivity index (χ0) is 36.2. The van der Waals surface area contributed by atoms with Crippen molar-refractivity contribution in [1.82, 2.24) is 10.3 Å². The summed E-state index contributed by atoms with van der Waals surface area (Å²) in [5.41, 5.74) is -0.754. The summed E-state index contributed by atoms with van der Waals surface area (Å²) in [5, 5.41) is 3.14. The number of nitrogens with zero attached hydrogens (tertiary/aromatic N) is 1. The van der Waals surface area contributed by atoms with Gasteiger partial charge in [0.25, 0.3) is 0 Å². The fourth-order valence-corrected chi connectivity index (χ4v) is 12.2. The molecular formula is C40H57FN2O9. The maximum atomic E-state index is 14.4. The number of nitrogens with one attached hydrogen (secondary N) is 1. The van der Waals surface area contributed by atoms with Gasteiger partial charge in [-0.2, -0.15) is 0 Å². The van der Waals surface area contributed by atoms with Gasteiger partial charge in [0.15, 0.2) is 23.8 Å². The third-order valence-corrected chi connectivity index (χ3v) is 15.2. The molecule has 11 nitrogen and oxygen atoms in total. The van der Waals surface area contributed by atoms with E-state index >= 15 is 0 Å². The number of carbonyl (C=O) groups is 1. The van der Waals surface area contributed by atoms with Gasteiger partial charge < -0.3 is 24.3 Å². The first-order valence-corrected chi connectivity index (χ1v) is 20.1. The molecule has 4 bridgehead atoms. The molecule has 52 heavy (non-hydrogen) atoms. The second kappa shape index (κ2) is 12.9. The molecule has 2 spiro atoms. The van der Waals surface area contributed by atoms with Crippen LogP contribution in [0.4, 0.5) is 4.39 Å². The van der Waals surface area contributed by atoms with Crippen molar-refractivity contribution in [2.75, 3.05) is 0 Å². The Morgan fingerprint density at radius 3 is 1.77 bits per heavy atom. The van der Waals surface area contributed by atoms with E-state index in [0.29, 0.717) is 30.4 Å². The lowest BCUT2D eigenvalue weighted by molar-refractivity contribution is -0.571. The van der Waals surface area contributed by atoms with Crippen LogP contribution in [0.15, 0.2) is 18.3 Å². The first-order valence-electron chi connectivity index (χ1n) is 20.1. The van der Waals surface area contributed by atoms with Crippen LogP contribution in [0.1, 0.15) is 111 Å². The molecule has 2 saturated carbocycles. The van der Waals surface area contributed by atoms with E-state index in [4.69, 9.17) is 38.5 Å². The normalized spacial score (nSPS) is 51.1. The summed E-state index contributed by atoms with van der Waals surface area (Å²) in [6.07, 6.45) is 8.06. The molecular weight excluding hydrogens is 671 g/mol. The summed E-state index contributed by atoms with van der Waals surface area (Å²) in [5.74, 6) is -0.763. The van der Waals surface area contributed by atoms with Crippen LogP contribution < -0.4 is 5.32 Å². The Balaban J connectivity index is 1.00. The van der Waals surface area contributed by atoms with Crippen LogP contribution >= 0.6 is 0 Å². The lowest BCUT2D eigenvalue weighted by atomic mass is 9.56. The molecule has 8 saturated heterocycles. The molecule has 0 aromatic carbocycles. The summed E-state index contributed by atoms with van der Waals surface area (Å²) < 4.78 is 41.0. The highest BCUT2D eigenvalue weighted by Crippen LogP contribution is 2.63. The van der Waals surface area contributed by atoms with Crippen molar-refractivity contribution in [3.8, 4) is 0 Å². The van der Waals surface area contributed by atoms with Crippen molar-refractivity contribution in [1.29, 1.82) is 0 Å². The zero-order valence-corrected chi connectivity index (χ0v) is 31.5. The van der Waals surface area contributed by atoms with Gasteiger partial charge in [-0.05, 0) is 113 Å². The van der Waals surface area contributed by atoms with Crippen molar-refractivity contribution in [3.05, 3.63) is 29.8 Å². The quantitative estimate of drug-likeness (QED) is 0.303. The molecule has 12 heteroatoms. The van der Waals surface area contributed by atoms with Gasteiger partial charge in [-0.3, -0.25) is 9.78 Å². The van der Waals surface area contributed by atoms with Gasteiger partial charge in [0.2, 0.25) is 17.5 Å². The molecule has 16 atom stereocenters. The number of rotatable bonds is 7. The van der Waals surface area contributed by atoms with Crippen LogP contribution in [0.3, 0.4) is 0 Å². The lowest BCUT2D eigenvalue weighted by Gasteiger charge is -2.61. The van der Waals surface area contributed by atoms with Gasteiger partial charge in [0, 0.05) is 30.6 Å². The molecule has 9 heterocycles. The average molecular weight is 729 g/mol. The fourth-order valence-electron chi connectivity index (χ4n) is 12.2. The van der Waals surface area contributed by atoms with Crippen LogP contribution in [0.2, 0.25) is 0 Å². The maximum absolute atomic E-state index is 14.4. The second-order valence-electron chi connectivity index (χ2n) is 18.2. The molecule has 11 rings (SSSR count). The van der Waals surface area contributed by atoms with Crippen molar-refractivity contribution in [2.45, 2.75) is 160 Å². The van der Waals surface area contributed by atoms with Gasteiger partial charge in [0.05, 0.1) is 30.6 Å². The smallest absolute Gasteiger partial charge is 0.223 e. The highest BCUT2D eigenvalue weighted by atomic mass is 19.1. The van der Waals surface area contributed by atoms with Gasteiger partial charge >= 0.3 is 0 Å². The number of amides is 1. The molecule has 1 aromatic heterocycles. The van der Waals surface area contributed by atoms with E-state index in [1.165, 1.54) is 12.3 Å². The summed E-state index contributed by atoms with van der Waals surface area (Å²) in [7, 11) is 0. The fraction of sp³-hybridized carbons (Fsp3) is 0.850. The SMILES string of the molecule is C[C@H]1[C@@H](CC(C[C@H]2O[C@@H]3O[C@]4(C)CC[C@H]5[C@H](C)CC[C@@H]([C@H]2C)[C@@]35OO4)C(=O)NCc2ccc(F)cn2)O[C@@H]2O[C@]3(C)CC[C@H]4[C@H](C)CC[C@@H]1[C@@]24OO3. The number of fused-ring (bicyclic) bond motifs is 4. The number of pyridine rings is 1. The molecule has 0 radical (unpaired) electrons. The molecule has 1 aromatic rings. The van der Waals surface area contributed by atoms with Crippen LogP contribution in [0.5, 0.6) is 0 Å². The van der Waals surface area contributed by atoms with Gasteiger partial charge in [-0.1, -0.05) is 27.7 Å². The molecule has 10 aliphatic rings. The van der Waals surface area contributed by atoms with Crippen molar-refractivity contribution < 1.29 is 47.7 Å². The number of carbonyl (C=O) groups excluding carboxylic acids is 1. The molecule has 1 N–H and O–H groups in total. The Labute approximate surface area is 306 Å². The second-order valence-corrected chi connectivity index (χ2v) is 18.2. The Hall–Kier alpha value is -1.77. The third-order valence-electron chi connectivity index (χ3n) is 15.2. The third kappa shape index (κ3) is 5.55. The lowest BCUT2D eigenvalue weighted by Crippen LogP contribution is -2.70. The zero-order valence-electron chi connectivity index (χ0n) is 31.5. The largest absolute Gasteiger partial charge is 0.350 e. The Morgan fingerprint density at radius 2 is 1.29 bits per heavy atom. The minimum absolute atomic E-state index is 0.0925. The number of hydrogen-bond acceptors (Lipinski definition) is 10. The molecule has 288 valence electrons. The van der Waals surface area contributed by atoms with Gasteiger partial charge in [-0.15, -0.1) is 0 Å². The summed E-state index contributed by atoms with van der Waals surface area (Å²) in [6, 6.07) is 2.97. The van der Waals surface area contributed by atoms with Gasteiger partial charge in [0.1, 0.15) is 5.82 Å². The summed E-state index contributed by atoms with van der Waals surface area (Å²) in [4.78, 5) is 43.5. The molecule has 2 aliphatic carbocycles. The average Bonchev–Trinajstić information content (AvgIpc) is 3.49. The van der Waals surface area contributed by atoms with E-state index in [1.807, 2.05) is 13.8 Å². The van der Waals surface area contributed by atoms with E-state index in [-0.39, 0.29) is 60.2 Å². The van der Waals surface area contributed by atoms with Crippen molar-refractivity contribution >= 4 is 5.91 Å². The topological polar surface area (TPSA) is 116 Å². The summed E-state index contributed by atoms with van der Waals surface area (Å²) in [6.45, 7) is 13.2. The minimum atomic E-state index is -0.876. The first kappa shape index (κ1) is 35.9. The predicted molar refractivity (Wildman–Crippen MR) is 182 cm³/mol. The van der Waals surface area contributed by atoms with Crippen LogP contribution in [0, 0.1) is 59.1 Å². The highest BCUT2D eigenvalue weighted by Gasteiger charge is 2.71. The Bertz CT molecular complexity index is 1440. The molecule has 10 fully saturated rings.